The monoisotopic (exact) mass is 502 g/mol. The molecule has 0 fully saturated rings. The summed E-state index contributed by atoms with van der Waals surface area (Å²) in [5, 5.41) is 8.99. The summed E-state index contributed by atoms with van der Waals surface area (Å²) in [6.07, 6.45) is 0. The summed E-state index contributed by atoms with van der Waals surface area (Å²) in [5.74, 6) is 0.882. The maximum atomic E-state index is 13.3. The van der Waals surface area contributed by atoms with E-state index in [-0.39, 0.29) is 5.91 Å². The van der Waals surface area contributed by atoms with Crippen LogP contribution in [0.4, 0.5) is 0 Å². The lowest BCUT2D eigenvalue weighted by atomic mass is 10.1. The van der Waals surface area contributed by atoms with Crippen LogP contribution in [0.2, 0.25) is 0 Å². The smallest absolute Gasteiger partial charge is 0.244 e. The van der Waals surface area contributed by atoms with Gasteiger partial charge in [-0.05, 0) is 52.4 Å². The minimum absolute atomic E-state index is 0.215. The standard InChI is InChI=1S/C25H22N6O2S2/c1-33-19-11-9-16(10-12-19)18-14-20(21-8-5-13-34-21)26-22(15-18)35-23(17-6-3-2-4-7-17)24(32)27-25-28-30-31-29-25/h2-15,23,30-31H,1H3,(H2,27,28,29,32). The van der Waals surface area contributed by atoms with Crippen molar-refractivity contribution < 1.29 is 9.53 Å². The average molecular weight is 503 g/mol. The van der Waals surface area contributed by atoms with Gasteiger partial charge in [0.1, 0.15) is 11.0 Å². The average Bonchev–Trinajstić information content (AvgIpc) is 3.62. The van der Waals surface area contributed by atoms with E-state index in [0.717, 1.165) is 38.0 Å². The lowest BCUT2D eigenvalue weighted by molar-refractivity contribution is -0.119. The number of thioether (sulfide) groups is 1. The maximum Gasteiger partial charge on any atom is 0.244 e. The Bertz CT molecular complexity index is 1330. The van der Waals surface area contributed by atoms with Gasteiger partial charge in [0.05, 0.1) is 22.7 Å². The number of aromatic nitrogens is 1. The molecule has 4 N–H and O–H groups in total. The molecule has 5 rings (SSSR count). The van der Waals surface area contributed by atoms with Crippen molar-refractivity contribution in [3.63, 3.8) is 0 Å². The molecule has 1 unspecified atom stereocenters. The summed E-state index contributed by atoms with van der Waals surface area (Å²) in [5.41, 5.74) is 11.7. The van der Waals surface area contributed by atoms with Gasteiger partial charge in [0, 0.05) is 0 Å². The number of hydrogen-bond acceptors (Lipinski definition) is 9. The van der Waals surface area contributed by atoms with E-state index in [1.165, 1.54) is 11.8 Å². The van der Waals surface area contributed by atoms with Crippen molar-refractivity contribution in [1.82, 2.24) is 26.8 Å². The number of hydrogen-bond donors (Lipinski definition) is 4. The van der Waals surface area contributed by atoms with Gasteiger partial charge < -0.3 is 4.74 Å². The van der Waals surface area contributed by atoms with Gasteiger partial charge in [0.25, 0.3) is 0 Å². The lowest BCUT2D eigenvalue weighted by Crippen LogP contribution is -2.44. The second-order valence-electron chi connectivity index (χ2n) is 7.51. The van der Waals surface area contributed by atoms with Crippen molar-refractivity contribution in [3.8, 4) is 27.4 Å². The van der Waals surface area contributed by atoms with Crippen LogP contribution in [-0.4, -0.2) is 24.0 Å². The van der Waals surface area contributed by atoms with Crippen molar-refractivity contribution in [3.05, 3.63) is 89.8 Å². The zero-order chi connectivity index (χ0) is 24.0. The minimum Gasteiger partial charge on any atom is -0.497 e. The number of methoxy groups -OCH3 is 1. The fourth-order valence-electron chi connectivity index (χ4n) is 3.53. The predicted molar refractivity (Wildman–Crippen MR) is 140 cm³/mol. The molecule has 0 spiro atoms. The second-order valence-corrected chi connectivity index (χ2v) is 9.58. The largest absolute Gasteiger partial charge is 0.497 e. The molecule has 3 heterocycles. The highest BCUT2D eigenvalue weighted by Crippen LogP contribution is 2.38. The second kappa shape index (κ2) is 10.6. The third-order valence-electron chi connectivity index (χ3n) is 5.22. The van der Waals surface area contributed by atoms with Gasteiger partial charge in [0.15, 0.2) is 0 Å². The molecule has 1 atom stereocenters. The van der Waals surface area contributed by atoms with Crippen LogP contribution in [0, 0.1) is 0 Å². The van der Waals surface area contributed by atoms with Gasteiger partial charge in [-0.1, -0.05) is 60.3 Å². The predicted octanol–water partition coefficient (Wildman–Crippen LogP) is 4.32. The number of rotatable bonds is 7. The van der Waals surface area contributed by atoms with Crippen molar-refractivity contribution in [1.29, 1.82) is 0 Å². The first-order chi connectivity index (χ1) is 17.2. The van der Waals surface area contributed by atoms with Gasteiger partial charge in [-0.2, -0.15) is 0 Å². The Morgan fingerprint density at radius 1 is 1.03 bits per heavy atom. The van der Waals surface area contributed by atoms with Gasteiger partial charge in [0.2, 0.25) is 11.9 Å². The van der Waals surface area contributed by atoms with Crippen molar-refractivity contribution in [2.24, 2.45) is 5.10 Å². The van der Waals surface area contributed by atoms with Crippen molar-refractivity contribution >= 4 is 35.0 Å². The van der Waals surface area contributed by atoms with Crippen LogP contribution in [0.5, 0.6) is 5.75 Å². The molecular weight excluding hydrogens is 480 g/mol. The number of carbonyl (C=O) groups is 1. The van der Waals surface area contributed by atoms with Crippen molar-refractivity contribution in [2.45, 2.75) is 10.3 Å². The van der Waals surface area contributed by atoms with E-state index in [1.54, 1.807) is 18.4 Å². The van der Waals surface area contributed by atoms with Crippen LogP contribution in [0.25, 0.3) is 21.7 Å². The molecule has 2 aromatic heterocycles. The zero-order valence-corrected chi connectivity index (χ0v) is 20.3. The van der Waals surface area contributed by atoms with Gasteiger partial charge in [-0.15, -0.1) is 22.0 Å². The molecule has 176 valence electrons. The summed E-state index contributed by atoms with van der Waals surface area (Å²) in [4.78, 5) is 19.3. The summed E-state index contributed by atoms with van der Waals surface area (Å²) < 4.78 is 5.31. The molecule has 2 aromatic carbocycles. The molecule has 1 aliphatic rings. The number of thiophene rings is 1. The van der Waals surface area contributed by atoms with Gasteiger partial charge in [-0.25, -0.2) is 10.5 Å². The molecule has 0 bridgehead atoms. The topological polar surface area (TPSA) is 99.7 Å². The van der Waals surface area contributed by atoms with Gasteiger partial charge >= 0.3 is 0 Å². The highest BCUT2D eigenvalue weighted by Gasteiger charge is 2.25. The van der Waals surface area contributed by atoms with E-state index in [4.69, 9.17) is 9.72 Å². The van der Waals surface area contributed by atoms with E-state index in [0.29, 0.717) is 5.96 Å². The number of hydrazone groups is 1. The summed E-state index contributed by atoms with van der Waals surface area (Å²) in [7, 11) is 1.65. The summed E-state index contributed by atoms with van der Waals surface area (Å²) >= 11 is 3.02. The molecule has 0 saturated heterocycles. The maximum absolute atomic E-state index is 13.3. The van der Waals surface area contributed by atoms with E-state index in [1.807, 2.05) is 78.2 Å². The van der Waals surface area contributed by atoms with Crippen LogP contribution in [-0.2, 0) is 4.79 Å². The summed E-state index contributed by atoms with van der Waals surface area (Å²) in [6, 6.07) is 25.7. The molecule has 0 saturated carbocycles. The number of nitrogens with one attached hydrogen (secondary N) is 4. The normalized spacial score (nSPS) is 13.3. The van der Waals surface area contributed by atoms with Crippen LogP contribution >= 0.6 is 23.1 Å². The van der Waals surface area contributed by atoms with Crippen LogP contribution in [0.3, 0.4) is 0 Å². The SMILES string of the molecule is COc1ccc(-c2cc(SC(C(=O)NC3=NNNN3)c3ccccc3)nc(-c3cccs3)c2)cc1. The zero-order valence-electron chi connectivity index (χ0n) is 18.7. The molecule has 4 aromatic rings. The Labute approximate surface area is 210 Å². The number of carbonyl (C=O) groups excluding carboxylic acids is 1. The molecule has 1 aliphatic heterocycles. The van der Waals surface area contributed by atoms with E-state index >= 15 is 0 Å². The molecule has 0 radical (unpaired) electrons. The number of amides is 1. The minimum atomic E-state index is -0.545. The highest BCUT2D eigenvalue weighted by atomic mass is 32.2. The number of hydrazine groups is 2. The Morgan fingerprint density at radius 2 is 1.86 bits per heavy atom. The van der Waals surface area contributed by atoms with E-state index in [2.05, 4.69) is 33.0 Å². The molecule has 1 amide bonds. The molecule has 0 aliphatic carbocycles. The first kappa shape index (κ1) is 22.9. The fourth-order valence-corrected chi connectivity index (χ4v) is 5.26. The quantitative estimate of drug-likeness (QED) is 0.279. The van der Waals surface area contributed by atoms with Crippen molar-refractivity contribution in [2.75, 3.05) is 7.11 Å². The number of nitrogens with zero attached hydrogens (tertiary/aromatic N) is 2. The lowest BCUT2D eigenvalue weighted by Gasteiger charge is -2.17. The fraction of sp³-hybridized carbons (Fsp3) is 0.0800. The molecule has 8 nitrogen and oxygen atoms in total. The Balaban J connectivity index is 1.52. The number of ether oxygens (including phenoxy) is 1. The first-order valence-corrected chi connectivity index (χ1v) is 12.5. The third-order valence-corrected chi connectivity index (χ3v) is 7.29. The highest BCUT2D eigenvalue weighted by molar-refractivity contribution is 8.00. The Kier molecular flexibility index (Phi) is 6.94. The molecular formula is C25H22N6O2S2. The van der Waals surface area contributed by atoms with Crippen LogP contribution < -0.4 is 26.5 Å². The van der Waals surface area contributed by atoms with Crippen LogP contribution in [0.1, 0.15) is 10.8 Å². The number of benzene rings is 2. The van der Waals surface area contributed by atoms with Gasteiger partial charge in [-0.3, -0.25) is 15.5 Å². The Morgan fingerprint density at radius 3 is 2.54 bits per heavy atom. The number of guanidine groups is 1. The van der Waals surface area contributed by atoms with E-state index in [9.17, 15) is 4.79 Å². The third kappa shape index (κ3) is 5.46. The van der Waals surface area contributed by atoms with E-state index < -0.39 is 5.25 Å². The molecule has 10 heteroatoms. The van der Waals surface area contributed by atoms with Crippen LogP contribution in [0.15, 0.2) is 94.4 Å². The molecule has 35 heavy (non-hydrogen) atoms. The summed E-state index contributed by atoms with van der Waals surface area (Å²) in [6.45, 7) is 0. The Hall–Kier alpha value is -3.86. The first-order valence-electron chi connectivity index (χ1n) is 10.8. The number of pyridine rings is 1.